The fourth-order valence-corrected chi connectivity index (χ4v) is 1.46. The van der Waals surface area contributed by atoms with Crippen molar-refractivity contribution >= 4 is 11.7 Å². The molecule has 1 rings (SSSR count). The Bertz CT molecular complexity index is 323. The molecule has 1 aromatic rings. The Morgan fingerprint density at radius 1 is 1.27 bits per heavy atom. The van der Waals surface area contributed by atoms with E-state index in [1.807, 2.05) is 31.2 Å². The minimum atomic E-state index is -0.138. The first kappa shape index (κ1) is 11.6. The van der Waals surface area contributed by atoms with E-state index < -0.39 is 0 Å². The van der Waals surface area contributed by atoms with Crippen LogP contribution in [-0.2, 0) is 6.42 Å². The van der Waals surface area contributed by atoms with Crippen molar-refractivity contribution in [1.29, 1.82) is 0 Å². The maximum atomic E-state index is 11.3. The number of nitrogens with one attached hydrogen (secondary N) is 2. The van der Waals surface area contributed by atoms with Gasteiger partial charge in [-0.25, -0.2) is 4.79 Å². The summed E-state index contributed by atoms with van der Waals surface area (Å²) in [5, 5.41) is 5.56. The first-order valence-electron chi connectivity index (χ1n) is 5.40. The molecule has 0 radical (unpaired) electrons. The average Bonchev–Trinajstić information content (AvgIpc) is 2.21. The molecule has 15 heavy (non-hydrogen) atoms. The van der Waals surface area contributed by atoms with E-state index in [-0.39, 0.29) is 6.03 Å². The number of hydrogen-bond acceptors (Lipinski definition) is 1. The second kappa shape index (κ2) is 6.06. The average molecular weight is 206 g/mol. The molecule has 3 nitrogen and oxygen atoms in total. The second-order valence-electron chi connectivity index (χ2n) is 3.39. The largest absolute Gasteiger partial charge is 0.338 e. The summed E-state index contributed by atoms with van der Waals surface area (Å²) in [6, 6.07) is 7.76. The van der Waals surface area contributed by atoms with Gasteiger partial charge in [0.05, 0.1) is 0 Å². The number of carbonyl (C=O) groups excluding carboxylic acids is 1. The normalized spacial score (nSPS) is 9.73. The zero-order valence-corrected chi connectivity index (χ0v) is 9.34. The van der Waals surface area contributed by atoms with Gasteiger partial charge in [-0.05, 0) is 25.0 Å². The molecule has 0 aromatic heterocycles. The molecule has 0 aliphatic rings. The highest BCUT2D eigenvalue weighted by molar-refractivity contribution is 5.90. The van der Waals surface area contributed by atoms with Gasteiger partial charge in [-0.3, -0.25) is 0 Å². The zero-order chi connectivity index (χ0) is 11.1. The van der Waals surface area contributed by atoms with Gasteiger partial charge >= 0.3 is 6.03 Å². The maximum Gasteiger partial charge on any atom is 0.319 e. The van der Waals surface area contributed by atoms with Crippen LogP contribution < -0.4 is 10.6 Å². The van der Waals surface area contributed by atoms with Crippen LogP contribution in [0.3, 0.4) is 0 Å². The molecule has 0 aliphatic carbocycles. The van der Waals surface area contributed by atoms with Crippen molar-refractivity contribution in [1.82, 2.24) is 5.32 Å². The molecule has 0 heterocycles. The number of anilines is 1. The molecule has 2 amide bonds. The van der Waals surface area contributed by atoms with Crippen LogP contribution >= 0.6 is 0 Å². The number of urea groups is 1. The Labute approximate surface area is 90.9 Å². The molecule has 0 aliphatic heterocycles. The minimum absolute atomic E-state index is 0.138. The van der Waals surface area contributed by atoms with E-state index in [2.05, 4.69) is 17.6 Å². The molecule has 3 heteroatoms. The lowest BCUT2D eigenvalue weighted by Crippen LogP contribution is -2.28. The van der Waals surface area contributed by atoms with Crippen molar-refractivity contribution in [3.8, 4) is 0 Å². The SMILES string of the molecule is CCCc1ccccc1NC(=O)NCC. The van der Waals surface area contributed by atoms with Crippen molar-refractivity contribution in [2.45, 2.75) is 26.7 Å². The van der Waals surface area contributed by atoms with Gasteiger partial charge in [0.1, 0.15) is 0 Å². The van der Waals surface area contributed by atoms with Gasteiger partial charge in [0.15, 0.2) is 0 Å². The predicted molar refractivity (Wildman–Crippen MR) is 63.1 cm³/mol. The second-order valence-corrected chi connectivity index (χ2v) is 3.39. The van der Waals surface area contributed by atoms with Crippen LogP contribution in [0.4, 0.5) is 10.5 Å². The number of amides is 2. The minimum Gasteiger partial charge on any atom is -0.338 e. The summed E-state index contributed by atoms with van der Waals surface area (Å²) in [6.07, 6.45) is 2.07. The monoisotopic (exact) mass is 206 g/mol. The highest BCUT2D eigenvalue weighted by Crippen LogP contribution is 2.16. The smallest absolute Gasteiger partial charge is 0.319 e. The fraction of sp³-hybridized carbons (Fsp3) is 0.417. The van der Waals surface area contributed by atoms with E-state index in [1.165, 1.54) is 5.56 Å². The summed E-state index contributed by atoms with van der Waals surface area (Å²) in [4.78, 5) is 11.3. The van der Waals surface area contributed by atoms with E-state index in [9.17, 15) is 4.79 Å². The van der Waals surface area contributed by atoms with E-state index in [4.69, 9.17) is 0 Å². The Balaban J connectivity index is 2.70. The summed E-state index contributed by atoms with van der Waals surface area (Å²) in [5.41, 5.74) is 2.09. The van der Waals surface area contributed by atoms with Gasteiger partial charge in [0.25, 0.3) is 0 Å². The summed E-state index contributed by atoms with van der Waals surface area (Å²) in [6.45, 7) is 4.67. The van der Waals surface area contributed by atoms with Gasteiger partial charge in [-0.15, -0.1) is 0 Å². The van der Waals surface area contributed by atoms with Crippen molar-refractivity contribution in [3.05, 3.63) is 29.8 Å². The molecular weight excluding hydrogens is 188 g/mol. The molecule has 82 valence electrons. The van der Waals surface area contributed by atoms with Crippen LogP contribution in [0.1, 0.15) is 25.8 Å². The van der Waals surface area contributed by atoms with Gasteiger partial charge < -0.3 is 10.6 Å². The van der Waals surface area contributed by atoms with E-state index >= 15 is 0 Å². The van der Waals surface area contributed by atoms with Gasteiger partial charge in [0.2, 0.25) is 0 Å². The molecule has 0 saturated heterocycles. The van der Waals surface area contributed by atoms with E-state index in [0.29, 0.717) is 6.54 Å². The number of hydrogen-bond donors (Lipinski definition) is 2. The van der Waals surface area contributed by atoms with Crippen LogP contribution in [0.2, 0.25) is 0 Å². The van der Waals surface area contributed by atoms with Crippen LogP contribution in [0.5, 0.6) is 0 Å². The summed E-state index contributed by atoms with van der Waals surface area (Å²) in [7, 11) is 0. The van der Waals surface area contributed by atoms with Crippen molar-refractivity contribution < 1.29 is 4.79 Å². The van der Waals surface area contributed by atoms with Gasteiger partial charge in [0, 0.05) is 12.2 Å². The molecule has 0 fully saturated rings. The number of aryl methyl sites for hydroxylation is 1. The van der Waals surface area contributed by atoms with Crippen LogP contribution in [0.15, 0.2) is 24.3 Å². The molecular formula is C12H18N2O. The number of carbonyl (C=O) groups is 1. The molecule has 2 N–H and O–H groups in total. The maximum absolute atomic E-state index is 11.3. The number of rotatable bonds is 4. The van der Waals surface area contributed by atoms with Crippen molar-refractivity contribution in [2.24, 2.45) is 0 Å². The predicted octanol–water partition coefficient (Wildman–Crippen LogP) is 2.78. The molecule has 0 bridgehead atoms. The third kappa shape index (κ3) is 3.62. The topological polar surface area (TPSA) is 41.1 Å². The third-order valence-electron chi connectivity index (χ3n) is 2.12. The van der Waals surface area contributed by atoms with Crippen molar-refractivity contribution in [2.75, 3.05) is 11.9 Å². The highest BCUT2D eigenvalue weighted by Gasteiger charge is 2.03. The molecule has 0 saturated carbocycles. The van der Waals surface area contributed by atoms with Crippen LogP contribution in [0, 0.1) is 0 Å². The first-order valence-corrected chi connectivity index (χ1v) is 5.40. The van der Waals surface area contributed by atoms with Crippen LogP contribution in [-0.4, -0.2) is 12.6 Å². The summed E-state index contributed by atoms with van der Waals surface area (Å²) < 4.78 is 0. The van der Waals surface area contributed by atoms with Crippen molar-refractivity contribution in [3.63, 3.8) is 0 Å². The molecule has 0 spiro atoms. The van der Waals surface area contributed by atoms with Crippen LogP contribution in [0.25, 0.3) is 0 Å². The standard InChI is InChI=1S/C12H18N2O/c1-3-7-10-8-5-6-9-11(10)14-12(15)13-4-2/h5-6,8-9H,3-4,7H2,1-2H3,(H2,13,14,15). The van der Waals surface area contributed by atoms with E-state index in [0.717, 1.165) is 18.5 Å². The number of para-hydroxylation sites is 1. The van der Waals surface area contributed by atoms with Gasteiger partial charge in [-0.2, -0.15) is 0 Å². The van der Waals surface area contributed by atoms with Gasteiger partial charge in [-0.1, -0.05) is 31.5 Å². The lowest BCUT2D eigenvalue weighted by Gasteiger charge is -2.10. The lowest BCUT2D eigenvalue weighted by molar-refractivity contribution is 0.252. The lowest BCUT2D eigenvalue weighted by atomic mass is 10.1. The quantitative estimate of drug-likeness (QED) is 0.781. The Morgan fingerprint density at radius 3 is 2.67 bits per heavy atom. The fourth-order valence-electron chi connectivity index (χ4n) is 1.46. The number of benzene rings is 1. The zero-order valence-electron chi connectivity index (χ0n) is 9.34. The molecule has 1 aromatic carbocycles. The molecule has 0 unspecified atom stereocenters. The summed E-state index contributed by atoms with van der Waals surface area (Å²) >= 11 is 0. The highest BCUT2D eigenvalue weighted by atomic mass is 16.2. The summed E-state index contributed by atoms with van der Waals surface area (Å²) in [5.74, 6) is 0. The Morgan fingerprint density at radius 2 is 2.00 bits per heavy atom. The third-order valence-corrected chi connectivity index (χ3v) is 2.12. The molecule has 0 atom stereocenters. The van der Waals surface area contributed by atoms with E-state index in [1.54, 1.807) is 0 Å². The Kier molecular flexibility index (Phi) is 4.68. The Hall–Kier alpha value is -1.51. The first-order chi connectivity index (χ1) is 7.27.